The summed E-state index contributed by atoms with van der Waals surface area (Å²) in [6.07, 6.45) is 5.72. The lowest BCUT2D eigenvalue weighted by Gasteiger charge is -2.17. The van der Waals surface area contributed by atoms with Gasteiger partial charge in [-0.1, -0.05) is 31.2 Å². The van der Waals surface area contributed by atoms with E-state index in [0.29, 0.717) is 25.7 Å². The van der Waals surface area contributed by atoms with Gasteiger partial charge in [-0.05, 0) is 31.4 Å². The molecule has 1 aromatic rings. The van der Waals surface area contributed by atoms with Gasteiger partial charge in [0.15, 0.2) is 5.78 Å². The van der Waals surface area contributed by atoms with E-state index in [4.69, 9.17) is 9.47 Å². The fourth-order valence-corrected chi connectivity index (χ4v) is 4.42. The molecular formula is C25H30O5. The zero-order valence-corrected chi connectivity index (χ0v) is 17.9. The Balaban J connectivity index is 1.73. The lowest BCUT2D eigenvalue weighted by atomic mass is 9.86. The van der Waals surface area contributed by atoms with Crippen molar-refractivity contribution in [3.8, 4) is 17.6 Å². The highest BCUT2D eigenvalue weighted by Gasteiger charge is 2.48. The monoisotopic (exact) mass is 410 g/mol. The molecule has 1 fully saturated rings. The van der Waals surface area contributed by atoms with Crippen LogP contribution < -0.4 is 4.74 Å². The molecule has 0 amide bonds. The minimum Gasteiger partial charge on any atom is -0.489 e. The lowest BCUT2D eigenvalue weighted by Crippen LogP contribution is -2.17. The predicted molar refractivity (Wildman–Crippen MR) is 114 cm³/mol. The van der Waals surface area contributed by atoms with Crippen LogP contribution in [0.15, 0.2) is 30.4 Å². The van der Waals surface area contributed by atoms with Gasteiger partial charge in [0.25, 0.3) is 0 Å². The Bertz CT molecular complexity index is 875. The maximum atomic E-state index is 12.4. The molecule has 5 heteroatoms. The molecule has 1 heterocycles. The van der Waals surface area contributed by atoms with Crippen LogP contribution >= 0.6 is 0 Å². The number of ether oxygens (including phenoxy) is 2. The number of allylic oxidation sites excluding steroid dienone is 1. The smallest absolute Gasteiger partial charge is 0.305 e. The summed E-state index contributed by atoms with van der Waals surface area (Å²) in [5.74, 6) is 6.18. The Kier molecular flexibility index (Phi) is 7.33. The second-order valence-electron chi connectivity index (χ2n) is 8.12. The molecule has 1 aliphatic carbocycles. The van der Waals surface area contributed by atoms with Crippen molar-refractivity contribution >= 4 is 11.8 Å². The van der Waals surface area contributed by atoms with Crippen LogP contribution in [0.1, 0.15) is 56.6 Å². The number of methoxy groups -OCH3 is 1. The van der Waals surface area contributed by atoms with Gasteiger partial charge in [0, 0.05) is 42.6 Å². The number of ketones is 1. The molecule has 30 heavy (non-hydrogen) atoms. The quantitative estimate of drug-likeness (QED) is 0.403. The first kappa shape index (κ1) is 22.1. The minimum atomic E-state index is -0.536. The normalized spacial score (nSPS) is 25.1. The van der Waals surface area contributed by atoms with Gasteiger partial charge in [-0.3, -0.25) is 9.59 Å². The lowest BCUT2D eigenvalue weighted by molar-refractivity contribution is -0.140. The molecule has 1 N–H and O–H groups in total. The Morgan fingerprint density at radius 2 is 2.20 bits per heavy atom. The van der Waals surface area contributed by atoms with E-state index in [1.165, 1.54) is 7.11 Å². The summed E-state index contributed by atoms with van der Waals surface area (Å²) in [4.78, 5) is 23.8. The molecule has 0 radical (unpaired) electrons. The van der Waals surface area contributed by atoms with Crippen LogP contribution in [0.25, 0.3) is 0 Å². The number of hydrogen-bond donors (Lipinski definition) is 1. The van der Waals surface area contributed by atoms with Gasteiger partial charge >= 0.3 is 5.97 Å². The Morgan fingerprint density at radius 1 is 1.40 bits per heavy atom. The maximum absolute atomic E-state index is 12.4. The Labute approximate surface area is 178 Å². The molecule has 5 atom stereocenters. The summed E-state index contributed by atoms with van der Waals surface area (Å²) < 4.78 is 11.0. The molecule has 0 saturated heterocycles. The second-order valence-corrected chi connectivity index (χ2v) is 8.12. The van der Waals surface area contributed by atoms with E-state index in [1.54, 1.807) is 13.0 Å². The highest BCUT2D eigenvalue weighted by atomic mass is 16.5. The zero-order valence-electron chi connectivity index (χ0n) is 17.9. The van der Waals surface area contributed by atoms with E-state index in [-0.39, 0.29) is 35.6 Å². The number of rotatable bonds is 8. The van der Waals surface area contributed by atoms with Crippen molar-refractivity contribution in [3.63, 3.8) is 0 Å². The average molecular weight is 411 g/mol. The molecule has 1 unspecified atom stereocenters. The molecule has 0 bridgehead atoms. The molecule has 5 nitrogen and oxygen atoms in total. The van der Waals surface area contributed by atoms with Crippen LogP contribution in [0.5, 0.6) is 5.75 Å². The molecule has 3 rings (SSSR count). The van der Waals surface area contributed by atoms with E-state index in [2.05, 4.69) is 11.8 Å². The Hall–Kier alpha value is -2.58. The number of esters is 1. The van der Waals surface area contributed by atoms with Gasteiger partial charge < -0.3 is 14.6 Å². The first-order chi connectivity index (χ1) is 14.5. The number of aliphatic hydroxyl groups excluding tert-OH is 1. The largest absolute Gasteiger partial charge is 0.489 e. The molecule has 160 valence electrons. The average Bonchev–Trinajstić information content (AvgIpc) is 3.25. The van der Waals surface area contributed by atoms with Crippen molar-refractivity contribution < 1.29 is 24.2 Å². The van der Waals surface area contributed by atoms with Gasteiger partial charge in [0.2, 0.25) is 0 Å². The molecule has 2 aliphatic rings. The third-order valence-electron chi connectivity index (χ3n) is 6.10. The van der Waals surface area contributed by atoms with Gasteiger partial charge in [0.05, 0.1) is 13.2 Å². The fraction of sp³-hybridized carbons (Fsp3) is 0.520. The maximum Gasteiger partial charge on any atom is 0.305 e. The standard InChI is InChI=1S/C25H30O5/c1-4-5-8-16(2)20(26)14-13-18-21(27)15-22-24(18)19-11-6-9-17(25(19)30-22)10-7-12-23(28)29-3/h6,9,11,13-14,16,18,21-22,24,27H,7-8,10,12,15H2,1-3H3/b14-13+/t16?,18-,21+,22-,24-/m0/s1. The van der Waals surface area contributed by atoms with E-state index in [1.807, 2.05) is 31.2 Å². The van der Waals surface area contributed by atoms with Crippen LogP contribution in [-0.2, 0) is 20.7 Å². The van der Waals surface area contributed by atoms with Crippen molar-refractivity contribution in [3.05, 3.63) is 41.5 Å². The SMILES string of the molecule is CC#CCC(C)C(=O)/C=C/[C@@H]1[C@H]2c3cccc(CCCC(=O)OC)c3O[C@H]2C[C@H]1O. The summed E-state index contributed by atoms with van der Waals surface area (Å²) in [6.45, 7) is 3.64. The second kappa shape index (κ2) is 9.95. The summed E-state index contributed by atoms with van der Waals surface area (Å²) in [5.41, 5.74) is 2.16. The summed E-state index contributed by atoms with van der Waals surface area (Å²) in [7, 11) is 1.40. The highest BCUT2D eigenvalue weighted by Crippen LogP contribution is 2.52. The summed E-state index contributed by atoms with van der Waals surface area (Å²) in [6, 6.07) is 6.07. The van der Waals surface area contributed by atoms with E-state index < -0.39 is 6.10 Å². The minimum absolute atomic E-state index is 0.0316. The van der Waals surface area contributed by atoms with Crippen LogP contribution in [0.4, 0.5) is 0 Å². The van der Waals surface area contributed by atoms with Crippen LogP contribution in [0.2, 0.25) is 0 Å². The van der Waals surface area contributed by atoms with Crippen LogP contribution in [0, 0.1) is 23.7 Å². The first-order valence-corrected chi connectivity index (χ1v) is 10.6. The van der Waals surface area contributed by atoms with E-state index >= 15 is 0 Å². The van der Waals surface area contributed by atoms with Gasteiger partial charge in [-0.25, -0.2) is 0 Å². The summed E-state index contributed by atoms with van der Waals surface area (Å²) in [5, 5.41) is 10.6. The number of carbonyl (C=O) groups is 2. The van der Waals surface area contributed by atoms with Crippen molar-refractivity contribution in [1.29, 1.82) is 0 Å². The Morgan fingerprint density at radius 3 is 2.93 bits per heavy atom. The van der Waals surface area contributed by atoms with Gasteiger partial charge in [-0.15, -0.1) is 11.8 Å². The molecular weight excluding hydrogens is 380 g/mol. The van der Waals surface area contributed by atoms with Crippen LogP contribution in [0.3, 0.4) is 0 Å². The molecule has 0 aromatic heterocycles. The number of para-hydroxylation sites is 1. The zero-order chi connectivity index (χ0) is 21.7. The van der Waals surface area contributed by atoms with Gasteiger partial charge in [0.1, 0.15) is 11.9 Å². The van der Waals surface area contributed by atoms with E-state index in [9.17, 15) is 14.7 Å². The molecule has 0 spiro atoms. The van der Waals surface area contributed by atoms with Crippen molar-refractivity contribution in [2.24, 2.45) is 11.8 Å². The highest BCUT2D eigenvalue weighted by molar-refractivity contribution is 5.91. The number of carbonyl (C=O) groups excluding carboxylic acids is 2. The number of aliphatic hydroxyl groups is 1. The number of hydrogen-bond acceptors (Lipinski definition) is 5. The van der Waals surface area contributed by atoms with Crippen molar-refractivity contribution in [1.82, 2.24) is 0 Å². The number of benzene rings is 1. The van der Waals surface area contributed by atoms with E-state index in [0.717, 1.165) is 23.3 Å². The molecule has 1 aliphatic heterocycles. The molecule has 1 aromatic carbocycles. The number of aryl methyl sites for hydroxylation is 1. The third-order valence-corrected chi connectivity index (χ3v) is 6.10. The van der Waals surface area contributed by atoms with Crippen molar-refractivity contribution in [2.45, 2.75) is 64.1 Å². The predicted octanol–water partition coefficient (Wildman–Crippen LogP) is 3.58. The first-order valence-electron chi connectivity index (χ1n) is 10.6. The fourth-order valence-electron chi connectivity index (χ4n) is 4.42. The number of fused-ring (bicyclic) bond motifs is 3. The third kappa shape index (κ3) is 4.76. The molecule has 1 saturated carbocycles. The van der Waals surface area contributed by atoms with Crippen LogP contribution in [-0.4, -0.2) is 36.2 Å². The van der Waals surface area contributed by atoms with Gasteiger partial charge in [-0.2, -0.15) is 0 Å². The topological polar surface area (TPSA) is 72.8 Å². The summed E-state index contributed by atoms with van der Waals surface area (Å²) >= 11 is 0. The van der Waals surface area contributed by atoms with Crippen molar-refractivity contribution in [2.75, 3.05) is 7.11 Å².